The minimum atomic E-state index is -0.0908. The average molecular weight is 345 g/mol. The number of hydrogen-bond donors (Lipinski definition) is 2. The summed E-state index contributed by atoms with van der Waals surface area (Å²) in [4.78, 5) is 23.7. The van der Waals surface area contributed by atoms with Gasteiger partial charge in [-0.2, -0.15) is 0 Å². The van der Waals surface area contributed by atoms with Gasteiger partial charge in [0.1, 0.15) is 0 Å². The van der Waals surface area contributed by atoms with Crippen LogP contribution in [-0.4, -0.2) is 19.5 Å². The zero-order chi connectivity index (χ0) is 16.0. The van der Waals surface area contributed by atoms with Gasteiger partial charge in [0.05, 0.1) is 22.1 Å². The molecule has 2 aromatic heterocycles. The van der Waals surface area contributed by atoms with Gasteiger partial charge < -0.3 is 9.97 Å². The molecular formula is C16H13ClN4OS. The van der Waals surface area contributed by atoms with E-state index in [0.29, 0.717) is 11.6 Å². The quantitative estimate of drug-likeness (QED) is 0.589. The number of H-pyrrole nitrogens is 2. The molecule has 5 nitrogen and oxygen atoms in total. The number of imidazole rings is 2. The molecule has 0 atom stereocenters. The SMILES string of the molecule is CCn1c(=O)[nH]c2cccc(Sc3nc4ccc(Cl)cc4[nH]3)c21. The number of nitrogens with one attached hydrogen (secondary N) is 2. The lowest BCUT2D eigenvalue weighted by Crippen LogP contribution is -2.15. The van der Waals surface area contributed by atoms with Crippen LogP contribution in [0.5, 0.6) is 0 Å². The molecule has 0 amide bonds. The highest BCUT2D eigenvalue weighted by Crippen LogP contribution is 2.32. The second-order valence-electron chi connectivity index (χ2n) is 5.13. The summed E-state index contributed by atoms with van der Waals surface area (Å²) in [6.45, 7) is 2.57. The zero-order valence-electron chi connectivity index (χ0n) is 12.3. The fraction of sp³-hybridized carbons (Fsp3) is 0.125. The molecule has 0 aliphatic carbocycles. The molecule has 0 saturated carbocycles. The van der Waals surface area contributed by atoms with Crippen LogP contribution < -0.4 is 5.69 Å². The topological polar surface area (TPSA) is 66.5 Å². The maximum absolute atomic E-state index is 12.0. The Morgan fingerprint density at radius 3 is 2.91 bits per heavy atom. The van der Waals surface area contributed by atoms with Crippen molar-refractivity contribution in [2.24, 2.45) is 0 Å². The highest BCUT2D eigenvalue weighted by Gasteiger charge is 2.13. The Morgan fingerprint density at radius 1 is 1.22 bits per heavy atom. The van der Waals surface area contributed by atoms with E-state index in [-0.39, 0.29) is 5.69 Å². The molecule has 2 N–H and O–H groups in total. The Kier molecular flexibility index (Phi) is 3.43. The Hall–Kier alpha value is -2.18. The maximum Gasteiger partial charge on any atom is 0.326 e. The summed E-state index contributed by atoms with van der Waals surface area (Å²) in [6, 6.07) is 11.4. The number of aromatic nitrogens is 4. The third-order valence-corrected chi connectivity index (χ3v) is 4.87. The molecule has 0 bridgehead atoms. The van der Waals surface area contributed by atoms with Crippen LogP contribution in [0.25, 0.3) is 22.1 Å². The van der Waals surface area contributed by atoms with Crippen LogP contribution in [0.1, 0.15) is 6.92 Å². The summed E-state index contributed by atoms with van der Waals surface area (Å²) in [5.41, 5.74) is 3.41. The number of nitrogens with zero attached hydrogens (tertiary/aromatic N) is 2. The van der Waals surface area contributed by atoms with E-state index in [2.05, 4.69) is 15.0 Å². The van der Waals surface area contributed by atoms with Gasteiger partial charge in [-0.15, -0.1) is 0 Å². The lowest BCUT2D eigenvalue weighted by molar-refractivity contribution is 0.749. The first-order chi connectivity index (χ1) is 11.2. The van der Waals surface area contributed by atoms with Crippen LogP contribution in [0.15, 0.2) is 51.2 Å². The van der Waals surface area contributed by atoms with Crippen molar-refractivity contribution in [1.29, 1.82) is 0 Å². The van der Waals surface area contributed by atoms with Gasteiger partial charge in [-0.25, -0.2) is 9.78 Å². The van der Waals surface area contributed by atoms with Crippen LogP contribution in [0.3, 0.4) is 0 Å². The Bertz CT molecular complexity index is 1080. The predicted molar refractivity (Wildman–Crippen MR) is 93.5 cm³/mol. The van der Waals surface area contributed by atoms with Gasteiger partial charge >= 0.3 is 5.69 Å². The third-order valence-electron chi connectivity index (χ3n) is 3.70. The lowest BCUT2D eigenvalue weighted by Gasteiger charge is -2.04. The van der Waals surface area contributed by atoms with Gasteiger partial charge in [-0.05, 0) is 49.0 Å². The Morgan fingerprint density at radius 2 is 2.09 bits per heavy atom. The van der Waals surface area contributed by atoms with Crippen molar-refractivity contribution in [3.63, 3.8) is 0 Å². The molecule has 116 valence electrons. The third kappa shape index (κ3) is 2.44. The monoisotopic (exact) mass is 344 g/mol. The van der Waals surface area contributed by atoms with Crippen molar-refractivity contribution in [3.05, 3.63) is 51.9 Å². The average Bonchev–Trinajstić information content (AvgIpc) is 3.06. The molecule has 0 aliphatic rings. The summed E-state index contributed by atoms with van der Waals surface area (Å²) >= 11 is 7.51. The number of fused-ring (bicyclic) bond motifs is 2. The van der Waals surface area contributed by atoms with Gasteiger partial charge in [-0.3, -0.25) is 4.57 Å². The van der Waals surface area contributed by atoms with Crippen molar-refractivity contribution in [1.82, 2.24) is 19.5 Å². The summed E-state index contributed by atoms with van der Waals surface area (Å²) < 4.78 is 1.73. The molecule has 0 saturated heterocycles. The van der Waals surface area contributed by atoms with Gasteiger partial charge in [-0.1, -0.05) is 17.7 Å². The first-order valence-corrected chi connectivity index (χ1v) is 8.40. The van der Waals surface area contributed by atoms with E-state index in [0.717, 1.165) is 32.1 Å². The number of para-hydroxylation sites is 1. The molecule has 0 spiro atoms. The van der Waals surface area contributed by atoms with Crippen LogP contribution in [0.2, 0.25) is 5.02 Å². The highest BCUT2D eigenvalue weighted by molar-refractivity contribution is 7.99. The van der Waals surface area contributed by atoms with Gasteiger partial charge in [0.25, 0.3) is 0 Å². The van der Waals surface area contributed by atoms with Crippen molar-refractivity contribution in [3.8, 4) is 0 Å². The molecule has 4 rings (SSSR count). The second-order valence-corrected chi connectivity index (χ2v) is 6.60. The largest absolute Gasteiger partial charge is 0.333 e. The van der Waals surface area contributed by atoms with Crippen molar-refractivity contribution in [2.45, 2.75) is 23.5 Å². The molecule has 23 heavy (non-hydrogen) atoms. The first-order valence-electron chi connectivity index (χ1n) is 7.20. The lowest BCUT2D eigenvalue weighted by atomic mass is 10.3. The molecule has 7 heteroatoms. The minimum absolute atomic E-state index is 0.0908. The van der Waals surface area contributed by atoms with E-state index in [1.54, 1.807) is 4.57 Å². The maximum atomic E-state index is 12.0. The van der Waals surface area contributed by atoms with Gasteiger partial charge in [0, 0.05) is 16.5 Å². The van der Waals surface area contributed by atoms with E-state index in [1.165, 1.54) is 11.8 Å². The normalized spacial score (nSPS) is 11.6. The Balaban J connectivity index is 1.84. The van der Waals surface area contributed by atoms with E-state index in [4.69, 9.17) is 11.6 Å². The molecule has 2 aromatic carbocycles. The Labute approximate surface area is 140 Å². The van der Waals surface area contributed by atoms with Crippen molar-refractivity contribution in [2.75, 3.05) is 0 Å². The molecule has 0 radical (unpaired) electrons. The van der Waals surface area contributed by atoms with Crippen LogP contribution in [0.4, 0.5) is 0 Å². The summed E-state index contributed by atoms with van der Waals surface area (Å²) in [7, 11) is 0. The summed E-state index contributed by atoms with van der Waals surface area (Å²) in [5, 5.41) is 1.44. The molecule has 0 unspecified atom stereocenters. The fourth-order valence-corrected chi connectivity index (χ4v) is 3.83. The van der Waals surface area contributed by atoms with Gasteiger partial charge in [0.15, 0.2) is 5.16 Å². The number of hydrogen-bond acceptors (Lipinski definition) is 3. The fourth-order valence-electron chi connectivity index (χ4n) is 2.68. The van der Waals surface area contributed by atoms with E-state index < -0.39 is 0 Å². The smallest absolute Gasteiger partial charge is 0.326 e. The van der Waals surface area contributed by atoms with Crippen molar-refractivity contribution >= 4 is 45.4 Å². The van der Waals surface area contributed by atoms with Crippen LogP contribution in [0, 0.1) is 0 Å². The predicted octanol–water partition coefficient (Wildman–Crippen LogP) is 4.03. The van der Waals surface area contributed by atoms with Crippen molar-refractivity contribution < 1.29 is 0 Å². The number of aromatic amines is 2. The number of rotatable bonds is 3. The second kappa shape index (κ2) is 5.47. The molecule has 2 heterocycles. The molecule has 4 aromatic rings. The van der Waals surface area contributed by atoms with Crippen LogP contribution >= 0.6 is 23.4 Å². The van der Waals surface area contributed by atoms with E-state index >= 15 is 0 Å². The van der Waals surface area contributed by atoms with Gasteiger partial charge in [0.2, 0.25) is 0 Å². The van der Waals surface area contributed by atoms with E-state index in [9.17, 15) is 4.79 Å². The molecule has 0 aliphatic heterocycles. The highest BCUT2D eigenvalue weighted by atomic mass is 35.5. The number of halogens is 1. The number of benzene rings is 2. The zero-order valence-corrected chi connectivity index (χ0v) is 13.8. The first kappa shape index (κ1) is 14.4. The summed E-state index contributed by atoms with van der Waals surface area (Å²) in [5.74, 6) is 0. The van der Waals surface area contributed by atoms with Crippen LogP contribution in [-0.2, 0) is 6.54 Å². The molecular weight excluding hydrogens is 332 g/mol. The minimum Gasteiger partial charge on any atom is -0.333 e. The summed E-state index contributed by atoms with van der Waals surface area (Å²) in [6.07, 6.45) is 0. The van der Waals surface area contributed by atoms with E-state index in [1.807, 2.05) is 43.3 Å². The standard InChI is InChI=1S/C16H13ClN4OS/c1-2-21-14-11(20-16(21)22)4-3-5-13(14)23-15-18-10-7-6-9(17)8-12(10)19-15/h3-8H,2H2,1H3,(H,18,19)(H,20,22). The molecule has 0 fully saturated rings. The number of aryl methyl sites for hydroxylation is 1.